The zero-order chi connectivity index (χ0) is 70.5. The number of ether oxygens (including phenoxy) is 4. The van der Waals surface area contributed by atoms with E-state index < -0.39 is 97.5 Å². The molecule has 96 heavy (non-hydrogen) atoms. The fourth-order valence-electron chi connectivity index (χ4n) is 11.9. The van der Waals surface area contributed by atoms with Crippen LogP contribution in [-0.2, 0) is 65.4 Å². The smallest absolute Gasteiger partial charge is 0.462 e. The van der Waals surface area contributed by atoms with Crippen LogP contribution in [0.1, 0.15) is 407 Å². The molecular formula is C77H150O17P2. The first-order valence-corrected chi connectivity index (χ1v) is 43.1. The van der Waals surface area contributed by atoms with Crippen LogP contribution >= 0.6 is 15.6 Å². The number of phosphoric ester groups is 2. The number of carbonyl (C=O) groups excluding carboxylic acids is 4. The molecule has 0 spiro atoms. The van der Waals surface area contributed by atoms with E-state index >= 15 is 0 Å². The molecule has 0 saturated carbocycles. The van der Waals surface area contributed by atoms with Gasteiger partial charge in [0.25, 0.3) is 0 Å². The summed E-state index contributed by atoms with van der Waals surface area (Å²) in [7, 11) is -9.91. The van der Waals surface area contributed by atoms with Gasteiger partial charge >= 0.3 is 39.5 Å². The van der Waals surface area contributed by atoms with Crippen LogP contribution in [0.25, 0.3) is 0 Å². The van der Waals surface area contributed by atoms with Crippen LogP contribution in [-0.4, -0.2) is 96.7 Å². The molecule has 0 bridgehead atoms. The van der Waals surface area contributed by atoms with E-state index in [1.165, 1.54) is 231 Å². The van der Waals surface area contributed by atoms with Crippen molar-refractivity contribution in [2.24, 2.45) is 5.92 Å². The van der Waals surface area contributed by atoms with Gasteiger partial charge in [-0.15, -0.1) is 0 Å². The molecule has 19 heteroatoms. The lowest BCUT2D eigenvalue weighted by atomic mass is 10.0. The summed E-state index contributed by atoms with van der Waals surface area (Å²) in [4.78, 5) is 72.7. The third-order valence-corrected chi connectivity index (χ3v) is 19.9. The van der Waals surface area contributed by atoms with Crippen molar-refractivity contribution < 1.29 is 80.2 Å². The van der Waals surface area contributed by atoms with Crippen molar-refractivity contribution in [3.8, 4) is 0 Å². The molecule has 0 aromatic carbocycles. The van der Waals surface area contributed by atoms with Crippen LogP contribution in [0, 0.1) is 5.92 Å². The zero-order valence-corrected chi connectivity index (χ0v) is 64.3. The monoisotopic (exact) mass is 1410 g/mol. The molecule has 3 N–H and O–H groups in total. The molecule has 0 heterocycles. The number of unbranched alkanes of at least 4 members (excludes halogenated alkanes) is 49. The van der Waals surface area contributed by atoms with Crippen LogP contribution in [0.15, 0.2) is 0 Å². The molecule has 0 aliphatic heterocycles. The minimum absolute atomic E-state index is 0.103. The van der Waals surface area contributed by atoms with Crippen LogP contribution < -0.4 is 0 Å². The van der Waals surface area contributed by atoms with Gasteiger partial charge in [0, 0.05) is 25.7 Å². The molecule has 2 unspecified atom stereocenters. The molecule has 0 amide bonds. The number of aliphatic hydroxyl groups is 1. The number of carbonyl (C=O) groups is 4. The van der Waals surface area contributed by atoms with Crippen molar-refractivity contribution in [1.29, 1.82) is 0 Å². The highest BCUT2D eigenvalue weighted by molar-refractivity contribution is 7.47. The number of hydrogen-bond donors (Lipinski definition) is 3. The predicted molar refractivity (Wildman–Crippen MR) is 391 cm³/mol. The Hall–Kier alpha value is -1.94. The lowest BCUT2D eigenvalue weighted by Gasteiger charge is -2.21. The van der Waals surface area contributed by atoms with Gasteiger partial charge in [-0.05, 0) is 31.6 Å². The largest absolute Gasteiger partial charge is 0.472 e. The van der Waals surface area contributed by atoms with Crippen molar-refractivity contribution in [3.63, 3.8) is 0 Å². The fraction of sp³-hybridized carbons (Fsp3) is 0.948. The van der Waals surface area contributed by atoms with Gasteiger partial charge < -0.3 is 33.8 Å². The maximum Gasteiger partial charge on any atom is 0.472 e. The standard InChI is InChI=1S/C77H150O17P2/c1-6-9-12-15-18-21-23-25-27-29-30-31-32-34-36-38-40-43-46-52-57-62-76(81)93-72(66-88-75(80)61-56-51-45-42-39-37-35-33-28-26-24-22-19-16-13-10-7-2)68-91-95(83,84)89-64-71(78)65-90-96(85,86)92-69-73(94-77(82)63-58-53-48-47-49-54-59-70(4)5)67-87-74(79)60-55-50-44-41-20-17-14-11-8-3/h70-73,78H,6-69H2,1-5H3,(H,83,84)(H,85,86)/t71-,72-,73-/m1/s1. The van der Waals surface area contributed by atoms with Gasteiger partial charge in [-0.1, -0.05) is 356 Å². The first-order chi connectivity index (χ1) is 46.5. The Morgan fingerprint density at radius 3 is 0.708 bits per heavy atom. The SMILES string of the molecule is CCCCCCCCCCCCCCCCCCCCCCCC(=O)O[C@H](COC(=O)CCCCCCCCCCCCCCCCCCC)COP(=O)(O)OC[C@@H](O)COP(=O)(O)OC[C@@H](COC(=O)CCCCCCCCCCC)OC(=O)CCCCCCCCC(C)C. The Morgan fingerprint density at radius 2 is 0.479 bits per heavy atom. The van der Waals surface area contributed by atoms with Gasteiger partial charge in [-0.3, -0.25) is 37.3 Å². The van der Waals surface area contributed by atoms with E-state index in [0.29, 0.717) is 31.6 Å². The Kier molecular flexibility index (Phi) is 68.7. The summed E-state index contributed by atoms with van der Waals surface area (Å²) in [6, 6.07) is 0. The predicted octanol–water partition coefficient (Wildman–Crippen LogP) is 22.9. The number of hydrogen-bond acceptors (Lipinski definition) is 15. The first kappa shape index (κ1) is 94.1. The lowest BCUT2D eigenvalue weighted by Crippen LogP contribution is -2.30. The molecule has 0 aliphatic carbocycles. The van der Waals surface area contributed by atoms with Crippen molar-refractivity contribution >= 4 is 39.5 Å². The van der Waals surface area contributed by atoms with E-state index in [1.54, 1.807) is 0 Å². The first-order valence-electron chi connectivity index (χ1n) is 40.1. The van der Waals surface area contributed by atoms with E-state index in [-0.39, 0.29) is 25.7 Å². The molecule has 0 radical (unpaired) electrons. The third kappa shape index (κ3) is 70.5. The van der Waals surface area contributed by atoms with Crippen LogP contribution in [0.2, 0.25) is 0 Å². The third-order valence-electron chi connectivity index (χ3n) is 18.0. The second kappa shape index (κ2) is 70.1. The van der Waals surface area contributed by atoms with Crippen LogP contribution in [0.3, 0.4) is 0 Å². The van der Waals surface area contributed by atoms with Gasteiger partial charge in [0.05, 0.1) is 26.4 Å². The van der Waals surface area contributed by atoms with Gasteiger partial charge in [0.1, 0.15) is 19.3 Å². The molecule has 0 fully saturated rings. The normalized spacial score (nSPS) is 13.9. The fourth-order valence-corrected chi connectivity index (χ4v) is 13.5. The van der Waals surface area contributed by atoms with E-state index in [1.807, 2.05) is 0 Å². The highest BCUT2D eigenvalue weighted by Gasteiger charge is 2.30. The quantitative estimate of drug-likeness (QED) is 0.0222. The average molecular weight is 1410 g/mol. The summed E-state index contributed by atoms with van der Waals surface area (Å²) in [6.45, 7) is 7.18. The van der Waals surface area contributed by atoms with Crippen LogP contribution in [0.4, 0.5) is 0 Å². The summed E-state index contributed by atoms with van der Waals surface area (Å²) < 4.78 is 68.4. The minimum atomic E-state index is -4.96. The second-order valence-corrected chi connectivity index (χ2v) is 31.1. The highest BCUT2D eigenvalue weighted by atomic mass is 31.2. The molecule has 17 nitrogen and oxygen atoms in total. The minimum Gasteiger partial charge on any atom is -0.462 e. The molecule has 0 aromatic rings. The van der Waals surface area contributed by atoms with Crippen molar-refractivity contribution in [3.05, 3.63) is 0 Å². The average Bonchev–Trinajstić information content (AvgIpc) is 3.23. The van der Waals surface area contributed by atoms with Gasteiger partial charge in [-0.25, -0.2) is 9.13 Å². The van der Waals surface area contributed by atoms with Crippen LogP contribution in [0.5, 0.6) is 0 Å². The second-order valence-electron chi connectivity index (χ2n) is 28.2. The summed E-state index contributed by atoms with van der Waals surface area (Å²) in [5.41, 5.74) is 0. The Labute approximate surface area is 588 Å². The Bertz CT molecular complexity index is 1840. The molecular weight excluding hydrogens is 1260 g/mol. The lowest BCUT2D eigenvalue weighted by molar-refractivity contribution is -0.161. The summed E-state index contributed by atoms with van der Waals surface area (Å²) in [5, 5.41) is 10.6. The van der Waals surface area contributed by atoms with Gasteiger partial charge in [0.2, 0.25) is 0 Å². The van der Waals surface area contributed by atoms with E-state index in [0.717, 1.165) is 89.9 Å². The number of esters is 4. The van der Waals surface area contributed by atoms with E-state index in [4.69, 9.17) is 37.0 Å². The summed E-state index contributed by atoms with van der Waals surface area (Å²) >= 11 is 0. The van der Waals surface area contributed by atoms with E-state index in [2.05, 4.69) is 34.6 Å². The highest BCUT2D eigenvalue weighted by Crippen LogP contribution is 2.45. The van der Waals surface area contributed by atoms with Crippen molar-refractivity contribution in [1.82, 2.24) is 0 Å². The van der Waals surface area contributed by atoms with Gasteiger partial charge in [-0.2, -0.15) is 0 Å². The van der Waals surface area contributed by atoms with Crippen molar-refractivity contribution in [2.75, 3.05) is 39.6 Å². The maximum absolute atomic E-state index is 13.1. The topological polar surface area (TPSA) is 237 Å². The Morgan fingerprint density at radius 1 is 0.281 bits per heavy atom. The summed E-state index contributed by atoms with van der Waals surface area (Å²) in [6.07, 6.45) is 60.1. The molecule has 0 rings (SSSR count). The number of rotatable bonds is 77. The molecule has 5 atom stereocenters. The summed E-state index contributed by atoms with van der Waals surface area (Å²) in [5.74, 6) is -1.45. The van der Waals surface area contributed by atoms with Gasteiger partial charge in [0.15, 0.2) is 12.2 Å². The molecule has 0 aliphatic rings. The van der Waals surface area contributed by atoms with E-state index in [9.17, 15) is 43.2 Å². The van der Waals surface area contributed by atoms with Crippen molar-refractivity contribution in [2.45, 2.75) is 425 Å². The number of phosphoric acid groups is 2. The molecule has 0 saturated heterocycles. The molecule has 0 aromatic heterocycles. The maximum atomic E-state index is 13.1. The number of aliphatic hydroxyl groups excluding tert-OH is 1. The zero-order valence-electron chi connectivity index (χ0n) is 62.5. The molecule has 570 valence electrons. The Balaban J connectivity index is 5.16.